The number of aromatic hydroxyl groups is 1. The molecule has 41 heavy (non-hydrogen) atoms. The molecule has 0 atom stereocenters. The lowest BCUT2D eigenvalue weighted by atomic mass is 9.98. The number of nitrogens with one attached hydrogen (secondary N) is 1. The van der Waals surface area contributed by atoms with Gasteiger partial charge in [-0.25, -0.2) is 0 Å². The van der Waals surface area contributed by atoms with E-state index in [2.05, 4.69) is 10.3 Å². The average Bonchev–Trinajstić information content (AvgIpc) is 3.29. The average molecular weight is 554 g/mol. The monoisotopic (exact) mass is 553 g/mol. The molecule has 0 fully saturated rings. The minimum atomic E-state index is -0.573. The van der Waals surface area contributed by atoms with Crippen molar-refractivity contribution in [2.24, 2.45) is 0 Å². The van der Waals surface area contributed by atoms with E-state index in [0.29, 0.717) is 44.9 Å². The summed E-state index contributed by atoms with van der Waals surface area (Å²) >= 11 is 0. The van der Waals surface area contributed by atoms with Crippen molar-refractivity contribution in [3.63, 3.8) is 0 Å². The molecule has 210 valence electrons. The predicted octanol–water partition coefficient (Wildman–Crippen LogP) is 5.91. The third-order valence-electron chi connectivity index (χ3n) is 7.21. The van der Waals surface area contributed by atoms with Gasteiger partial charge in [0.15, 0.2) is 0 Å². The Kier molecular flexibility index (Phi) is 7.28. The Morgan fingerprint density at radius 2 is 1.71 bits per heavy atom. The standard InChI is InChI=1S/C32H31N3O6/c1-17-10-22(11-18(2)30(17)36)34-31(37)24-13-21-12-23(29-19(3)16-41-20(29)4)28(40-6)14-26(21)35(32(24)38)15-25-27(39-5)8-7-9-33-25/h7-14,16,36H,15H2,1-6H3,(H,34,37). The van der Waals surface area contributed by atoms with Crippen molar-refractivity contribution < 1.29 is 23.8 Å². The lowest BCUT2D eigenvalue weighted by molar-refractivity contribution is 0.102. The van der Waals surface area contributed by atoms with Gasteiger partial charge in [-0.15, -0.1) is 0 Å². The zero-order valence-corrected chi connectivity index (χ0v) is 23.8. The number of carbonyl (C=O) groups is 1. The molecule has 0 radical (unpaired) electrons. The number of hydrogen-bond donors (Lipinski definition) is 2. The van der Waals surface area contributed by atoms with Gasteiger partial charge < -0.3 is 28.9 Å². The second-order valence-electron chi connectivity index (χ2n) is 9.98. The number of pyridine rings is 2. The van der Waals surface area contributed by atoms with E-state index < -0.39 is 11.5 Å². The Balaban J connectivity index is 1.73. The van der Waals surface area contributed by atoms with Crippen LogP contribution in [-0.4, -0.2) is 34.8 Å². The van der Waals surface area contributed by atoms with Gasteiger partial charge in [0.05, 0.1) is 32.5 Å². The Morgan fingerprint density at radius 1 is 1.00 bits per heavy atom. The van der Waals surface area contributed by atoms with E-state index >= 15 is 0 Å². The number of hydrogen-bond acceptors (Lipinski definition) is 7. The maximum atomic E-state index is 14.0. The van der Waals surface area contributed by atoms with E-state index in [1.54, 1.807) is 69.8 Å². The summed E-state index contributed by atoms with van der Waals surface area (Å²) in [7, 11) is 3.11. The molecule has 9 nitrogen and oxygen atoms in total. The van der Waals surface area contributed by atoms with Gasteiger partial charge in [0, 0.05) is 34.5 Å². The van der Waals surface area contributed by atoms with Crippen LogP contribution in [0.15, 0.2) is 64.1 Å². The number of furan rings is 1. The molecule has 3 heterocycles. The normalized spacial score (nSPS) is 11.1. The van der Waals surface area contributed by atoms with Gasteiger partial charge in [0.1, 0.15) is 34.3 Å². The molecule has 9 heteroatoms. The van der Waals surface area contributed by atoms with E-state index in [-0.39, 0.29) is 17.9 Å². The number of nitrogens with zero attached hydrogens (tertiary/aromatic N) is 2. The molecule has 5 rings (SSSR count). The second-order valence-corrected chi connectivity index (χ2v) is 9.98. The van der Waals surface area contributed by atoms with Gasteiger partial charge in [-0.3, -0.25) is 14.6 Å². The topological polar surface area (TPSA) is 116 Å². The summed E-state index contributed by atoms with van der Waals surface area (Å²) in [5.74, 6) is 1.38. The van der Waals surface area contributed by atoms with Crippen LogP contribution in [0, 0.1) is 27.7 Å². The third-order valence-corrected chi connectivity index (χ3v) is 7.21. The summed E-state index contributed by atoms with van der Waals surface area (Å²) in [6, 6.07) is 12.1. The highest BCUT2D eigenvalue weighted by atomic mass is 16.5. The van der Waals surface area contributed by atoms with Crippen molar-refractivity contribution in [2.45, 2.75) is 34.2 Å². The van der Waals surface area contributed by atoms with Crippen LogP contribution in [0.2, 0.25) is 0 Å². The van der Waals surface area contributed by atoms with E-state index in [0.717, 1.165) is 22.5 Å². The number of carbonyl (C=O) groups excluding carboxylic acids is 1. The number of phenolic OH excluding ortho intramolecular Hbond substituents is 1. The van der Waals surface area contributed by atoms with Crippen molar-refractivity contribution in [3.05, 3.63) is 99.0 Å². The Hall–Kier alpha value is -5.05. The van der Waals surface area contributed by atoms with Crippen LogP contribution >= 0.6 is 0 Å². The number of ether oxygens (including phenoxy) is 2. The van der Waals surface area contributed by atoms with Gasteiger partial charge in [-0.05, 0) is 80.8 Å². The molecule has 5 aromatic rings. The van der Waals surface area contributed by atoms with Crippen LogP contribution < -0.4 is 20.3 Å². The quantitative estimate of drug-likeness (QED) is 0.241. The molecule has 0 bridgehead atoms. The van der Waals surface area contributed by atoms with Gasteiger partial charge in [-0.1, -0.05) is 0 Å². The van der Waals surface area contributed by atoms with Gasteiger partial charge in [0.2, 0.25) is 0 Å². The lowest BCUT2D eigenvalue weighted by Crippen LogP contribution is -2.30. The first-order chi connectivity index (χ1) is 19.6. The van der Waals surface area contributed by atoms with Gasteiger partial charge in [0.25, 0.3) is 11.5 Å². The summed E-state index contributed by atoms with van der Waals surface area (Å²) in [4.78, 5) is 32.0. The van der Waals surface area contributed by atoms with E-state index in [1.807, 2.05) is 19.9 Å². The fourth-order valence-corrected chi connectivity index (χ4v) is 5.17. The van der Waals surface area contributed by atoms with Crippen LogP contribution in [0.4, 0.5) is 5.69 Å². The number of benzene rings is 2. The van der Waals surface area contributed by atoms with Crippen molar-refractivity contribution in [1.82, 2.24) is 9.55 Å². The Bertz CT molecular complexity index is 1830. The van der Waals surface area contributed by atoms with Gasteiger partial charge >= 0.3 is 0 Å². The first-order valence-corrected chi connectivity index (χ1v) is 13.0. The Morgan fingerprint density at radius 3 is 2.34 bits per heavy atom. The number of aryl methyl sites for hydroxylation is 4. The number of phenols is 1. The molecular weight excluding hydrogens is 522 g/mol. The molecule has 2 aromatic carbocycles. The molecule has 1 amide bonds. The minimum absolute atomic E-state index is 0.0486. The second kappa shape index (κ2) is 10.8. The van der Waals surface area contributed by atoms with E-state index in [1.165, 1.54) is 11.7 Å². The molecule has 0 saturated carbocycles. The van der Waals surface area contributed by atoms with Crippen molar-refractivity contribution >= 4 is 22.5 Å². The molecule has 2 N–H and O–H groups in total. The van der Waals surface area contributed by atoms with Crippen LogP contribution in [0.5, 0.6) is 17.2 Å². The molecule has 0 aliphatic carbocycles. The zero-order valence-electron chi connectivity index (χ0n) is 23.8. The molecule has 0 aliphatic heterocycles. The zero-order chi connectivity index (χ0) is 29.4. The fourth-order valence-electron chi connectivity index (χ4n) is 5.17. The van der Waals surface area contributed by atoms with Crippen LogP contribution in [0.1, 0.15) is 38.5 Å². The summed E-state index contributed by atoms with van der Waals surface area (Å²) in [6.45, 7) is 7.38. The molecule has 0 spiro atoms. The molecular formula is C32H31N3O6. The number of fused-ring (bicyclic) bond motifs is 1. The molecule has 0 unspecified atom stereocenters. The van der Waals surface area contributed by atoms with E-state index in [9.17, 15) is 14.7 Å². The number of anilines is 1. The summed E-state index contributed by atoms with van der Waals surface area (Å²) in [5, 5.41) is 13.6. The SMILES string of the molecule is COc1cc2c(cc1-c1c(C)coc1C)cc(C(=O)Nc1cc(C)c(O)c(C)c1)c(=O)n2Cc1ncccc1OC. The van der Waals surface area contributed by atoms with Crippen LogP contribution in [0.3, 0.4) is 0 Å². The highest BCUT2D eigenvalue weighted by Gasteiger charge is 2.22. The minimum Gasteiger partial charge on any atom is -0.507 e. The number of methoxy groups -OCH3 is 2. The van der Waals surface area contributed by atoms with Crippen molar-refractivity contribution in [1.29, 1.82) is 0 Å². The molecule has 0 saturated heterocycles. The van der Waals surface area contributed by atoms with Gasteiger partial charge in [-0.2, -0.15) is 0 Å². The first-order valence-electron chi connectivity index (χ1n) is 13.0. The predicted molar refractivity (Wildman–Crippen MR) is 157 cm³/mol. The fraction of sp³-hybridized carbons (Fsp3) is 0.219. The maximum Gasteiger partial charge on any atom is 0.264 e. The summed E-state index contributed by atoms with van der Waals surface area (Å²) < 4.78 is 18.4. The third kappa shape index (κ3) is 5.02. The Labute approximate surface area is 237 Å². The molecule has 3 aromatic heterocycles. The summed E-state index contributed by atoms with van der Waals surface area (Å²) in [5.41, 5.74) is 4.84. The van der Waals surface area contributed by atoms with E-state index in [4.69, 9.17) is 13.9 Å². The number of amides is 1. The lowest BCUT2D eigenvalue weighted by Gasteiger charge is -2.17. The van der Waals surface area contributed by atoms with Crippen LogP contribution in [0.25, 0.3) is 22.0 Å². The van der Waals surface area contributed by atoms with Crippen molar-refractivity contribution in [3.8, 4) is 28.4 Å². The number of aromatic nitrogens is 2. The first kappa shape index (κ1) is 27.5. The van der Waals surface area contributed by atoms with Crippen molar-refractivity contribution in [2.75, 3.05) is 19.5 Å². The number of rotatable bonds is 7. The summed E-state index contributed by atoms with van der Waals surface area (Å²) in [6.07, 6.45) is 3.31. The highest BCUT2D eigenvalue weighted by Crippen LogP contribution is 2.38. The van der Waals surface area contributed by atoms with Crippen LogP contribution in [-0.2, 0) is 6.54 Å². The smallest absolute Gasteiger partial charge is 0.264 e. The molecule has 0 aliphatic rings. The maximum absolute atomic E-state index is 14.0. The largest absolute Gasteiger partial charge is 0.507 e. The highest BCUT2D eigenvalue weighted by molar-refractivity contribution is 6.06.